The van der Waals surface area contributed by atoms with E-state index in [0.717, 1.165) is 43.6 Å². The third-order valence-electron chi connectivity index (χ3n) is 6.45. The monoisotopic (exact) mass is 402 g/mol. The number of nitrogens with zero attached hydrogens (tertiary/aromatic N) is 2. The van der Waals surface area contributed by atoms with Gasteiger partial charge in [-0.25, -0.2) is 0 Å². The summed E-state index contributed by atoms with van der Waals surface area (Å²) in [4.78, 5) is 16.8. The minimum absolute atomic E-state index is 0.132. The molecule has 4 heteroatoms. The van der Waals surface area contributed by atoms with Crippen molar-refractivity contribution >= 4 is 5.91 Å². The molecule has 0 unspecified atom stereocenters. The number of amides is 1. The predicted octanol–water partition coefficient (Wildman–Crippen LogP) is 3.25. The van der Waals surface area contributed by atoms with E-state index < -0.39 is 0 Å². The first-order chi connectivity index (χ1) is 14.7. The number of aliphatic hydroxyl groups excluding tert-OH is 1. The Hall–Kier alpha value is -2.61. The zero-order valence-electron chi connectivity index (χ0n) is 17.6. The van der Waals surface area contributed by atoms with E-state index in [-0.39, 0.29) is 30.5 Å². The fourth-order valence-corrected chi connectivity index (χ4v) is 4.85. The molecule has 0 bridgehead atoms. The van der Waals surface area contributed by atoms with Crippen LogP contribution < -0.4 is 0 Å². The Labute approximate surface area is 179 Å². The molecule has 1 amide bonds. The molecule has 2 fully saturated rings. The molecule has 2 aliphatic heterocycles. The fourth-order valence-electron chi connectivity index (χ4n) is 4.85. The zero-order chi connectivity index (χ0) is 20.9. The molecule has 0 saturated carbocycles. The van der Waals surface area contributed by atoms with Gasteiger partial charge in [-0.05, 0) is 49.2 Å². The van der Waals surface area contributed by atoms with E-state index in [2.05, 4.69) is 41.0 Å². The van der Waals surface area contributed by atoms with Crippen molar-refractivity contribution in [2.45, 2.75) is 44.2 Å². The van der Waals surface area contributed by atoms with Crippen LogP contribution in [0, 0.1) is 11.8 Å². The van der Waals surface area contributed by atoms with E-state index in [1.54, 1.807) is 0 Å². The summed E-state index contributed by atoms with van der Waals surface area (Å²) in [7, 11) is 0. The number of aliphatic hydroxyl groups is 1. The number of rotatable bonds is 3. The summed E-state index contributed by atoms with van der Waals surface area (Å²) in [6, 6.07) is 18.8. The van der Waals surface area contributed by atoms with E-state index in [4.69, 9.17) is 0 Å². The topological polar surface area (TPSA) is 43.8 Å². The van der Waals surface area contributed by atoms with Gasteiger partial charge in [0.1, 0.15) is 0 Å². The number of fused-ring (bicyclic) bond motifs is 1. The molecule has 2 aliphatic rings. The van der Waals surface area contributed by atoms with Gasteiger partial charge in [0.05, 0.1) is 6.61 Å². The minimum Gasteiger partial charge on any atom is -0.395 e. The first kappa shape index (κ1) is 20.7. The lowest BCUT2D eigenvalue weighted by Gasteiger charge is -2.57. The largest absolute Gasteiger partial charge is 0.395 e. The summed E-state index contributed by atoms with van der Waals surface area (Å²) in [5.74, 6) is 6.91. The summed E-state index contributed by atoms with van der Waals surface area (Å²) in [6.07, 6.45) is 2.66. The first-order valence-corrected chi connectivity index (χ1v) is 11.0. The minimum atomic E-state index is 0.132. The third kappa shape index (κ3) is 4.28. The van der Waals surface area contributed by atoms with Crippen LogP contribution in [-0.4, -0.2) is 59.1 Å². The SMILES string of the molecule is CCC(=O)N1CCCCN2[C@H](CO)[C@H](c3ccc(C#Cc4ccccc4)cc3)[C@H]2C1. The van der Waals surface area contributed by atoms with Crippen LogP contribution in [-0.2, 0) is 4.79 Å². The fraction of sp³-hybridized carbons (Fsp3) is 0.423. The van der Waals surface area contributed by atoms with E-state index in [0.29, 0.717) is 6.42 Å². The number of carbonyl (C=O) groups is 1. The molecule has 0 aliphatic carbocycles. The molecule has 0 spiro atoms. The van der Waals surface area contributed by atoms with E-state index in [9.17, 15) is 9.90 Å². The van der Waals surface area contributed by atoms with Gasteiger partial charge in [0.15, 0.2) is 0 Å². The van der Waals surface area contributed by atoms with Gasteiger partial charge >= 0.3 is 0 Å². The number of hydrogen-bond donors (Lipinski definition) is 1. The van der Waals surface area contributed by atoms with Gasteiger partial charge < -0.3 is 10.0 Å². The van der Waals surface area contributed by atoms with Crippen molar-refractivity contribution in [2.75, 3.05) is 26.2 Å². The molecule has 2 saturated heterocycles. The van der Waals surface area contributed by atoms with Gasteiger partial charge in [0.25, 0.3) is 0 Å². The maximum atomic E-state index is 12.4. The molecule has 2 aromatic rings. The van der Waals surface area contributed by atoms with Gasteiger partial charge in [-0.2, -0.15) is 0 Å². The van der Waals surface area contributed by atoms with Crippen LogP contribution >= 0.6 is 0 Å². The van der Waals surface area contributed by atoms with Gasteiger partial charge in [-0.1, -0.05) is 49.1 Å². The second-order valence-electron chi connectivity index (χ2n) is 8.22. The lowest BCUT2D eigenvalue weighted by Crippen LogP contribution is -2.67. The molecule has 0 aromatic heterocycles. The van der Waals surface area contributed by atoms with Crippen LogP contribution in [0.3, 0.4) is 0 Å². The van der Waals surface area contributed by atoms with Crippen molar-refractivity contribution < 1.29 is 9.90 Å². The van der Waals surface area contributed by atoms with Crippen LogP contribution in [0.1, 0.15) is 48.8 Å². The standard InChI is InChI=1S/C26H30N2O2/c1-2-25(30)27-16-6-7-17-28-23(18-27)26(24(28)19-29)22-14-12-21(13-15-22)11-10-20-8-4-3-5-9-20/h3-5,8-9,12-15,23-24,26,29H,2,6-7,16-19H2,1H3/t23-,24-,26-/m1/s1. The molecule has 2 heterocycles. The predicted molar refractivity (Wildman–Crippen MR) is 119 cm³/mol. The average molecular weight is 403 g/mol. The highest BCUT2D eigenvalue weighted by molar-refractivity contribution is 5.75. The quantitative estimate of drug-likeness (QED) is 0.802. The lowest BCUT2D eigenvalue weighted by atomic mass is 9.74. The molecule has 156 valence electrons. The van der Waals surface area contributed by atoms with Crippen molar-refractivity contribution in [3.63, 3.8) is 0 Å². The summed E-state index contributed by atoms with van der Waals surface area (Å²) in [5, 5.41) is 10.1. The number of carbonyl (C=O) groups excluding carboxylic acids is 1. The number of benzene rings is 2. The highest BCUT2D eigenvalue weighted by Crippen LogP contribution is 2.42. The Morgan fingerprint density at radius 2 is 1.67 bits per heavy atom. The lowest BCUT2D eigenvalue weighted by molar-refractivity contribution is -0.136. The molecule has 4 rings (SSSR count). The molecule has 4 nitrogen and oxygen atoms in total. The van der Waals surface area contributed by atoms with Crippen LogP contribution in [0.4, 0.5) is 0 Å². The maximum Gasteiger partial charge on any atom is 0.222 e. The number of hydrogen-bond acceptors (Lipinski definition) is 3. The van der Waals surface area contributed by atoms with Crippen molar-refractivity contribution in [2.24, 2.45) is 0 Å². The van der Waals surface area contributed by atoms with E-state index in [1.165, 1.54) is 5.56 Å². The molecule has 2 aromatic carbocycles. The molecule has 3 atom stereocenters. The summed E-state index contributed by atoms with van der Waals surface area (Å²) in [5.41, 5.74) is 3.22. The molecule has 0 radical (unpaired) electrons. The van der Waals surface area contributed by atoms with Crippen molar-refractivity contribution in [1.29, 1.82) is 0 Å². The third-order valence-corrected chi connectivity index (χ3v) is 6.45. The smallest absolute Gasteiger partial charge is 0.222 e. The van der Waals surface area contributed by atoms with Crippen molar-refractivity contribution in [1.82, 2.24) is 9.80 Å². The van der Waals surface area contributed by atoms with Crippen molar-refractivity contribution in [3.05, 3.63) is 71.3 Å². The highest BCUT2D eigenvalue weighted by atomic mass is 16.3. The van der Waals surface area contributed by atoms with Crippen LogP contribution in [0.25, 0.3) is 0 Å². The Balaban J connectivity index is 1.53. The second kappa shape index (κ2) is 9.47. The summed E-state index contributed by atoms with van der Waals surface area (Å²) < 4.78 is 0. The Kier molecular flexibility index (Phi) is 6.52. The first-order valence-electron chi connectivity index (χ1n) is 11.0. The Morgan fingerprint density at radius 1 is 1.00 bits per heavy atom. The zero-order valence-corrected chi connectivity index (χ0v) is 17.6. The van der Waals surface area contributed by atoms with Crippen LogP contribution in [0.15, 0.2) is 54.6 Å². The molecular formula is C26H30N2O2. The van der Waals surface area contributed by atoms with Crippen LogP contribution in [0.5, 0.6) is 0 Å². The molecule has 30 heavy (non-hydrogen) atoms. The summed E-state index contributed by atoms with van der Waals surface area (Å²) >= 11 is 0. The molecule has 1 N–H and O–H groups in total. The van der Waals surface area contributed by atoms with Crippen LogP contribution in [0.2, 0.25) is 0 Å². The maximum absolute atomic E-state index is 12.4. The van der Waals surface area contributed by atoms with Gasteiger partial charge in [0.2, 0.25) is 5.91 Å². The Bertz CT molecular complexity index is 914. The van der Waals surface area contributed by atoms with Gasteiger partial charge in [-0.3, -0.25) is 9.69 Å². The highest BCUT2D eigenvalue weighted by Gasteiger charge is 2.49. The normalized spacial score (nSPS) is 23.9. The average Bonchev–Trinajstić information content (AvgIpc) is 2.77. The summed E-state index contributed by atoms with van der Waals surface area (Å²) in [6.45, 7) is 4.69. The van der Waals surface area contributed by atoms with E-state index >= 15 is 0 Å². The van der Waals surface area contributed by atoms with Gasteiger partial charge in [-0.15, -0.1) is 0 Å². The molecular weight excluding hydrogens is 372 g/mol. The van der Waals surface area contributed by atoms with Gasteiger partial charge in [0, 0.05) is 48.6 Å². The van der Waals surface area contributed by atoms with E-state index in [1.807, 2.05) is 42.2 Å². The van der Waals surface area contributed by atoms with Crippen molar-refractivity contribution in [3.8, 4) is 11.8 Å². The Morgan fingerprint density at radius 3 is 2.33 bits per heavy atom. The second-order valence-corrected chi connectivity index (χ2v) is 8.22.